The van der Waals surface area contributed by atoms with E-state index in [9.17, 15) is 0 Å². The summed E-state index contributed by atoms with van der Waals surface area (Å²) in [6.45, 7) is 0. The van der Waals surface area contributed by atoms with Gasteiger partial charge >= 0.3 is 0 Å². The second kappa shape index (κ2) is 4.59. The fraction of sp³-hybridized carbons (Fsp3) is 0.133. The number of imidazole rings is 1. The summed E-state index contributed by atoms with van der Waals surface area (Å²) in [5, 5.41) is 0.772. The number of nitrogens with zero attached hydrogens (tertiary/aromatic N) is 2. The van der Waals surface area contributed by atoms with Crippen molar-refractivity contribution in [1.29, 1.82) is 0 Å². The van der Waals surface area contributed by atoms with E-state index in [0.717, 1.165) is 33.1 Å². The van der Waals surface area contributed by atoms with Gasteiger partial charge in [0.05, 0.1) is 11.0 Å². The third-order valence-electron chi connectivity index (χ3n) is 3.30. The van der Waals surface area contributed by atoms with Crippen LogP contribution in [0.1, 0.15) is 11.4 Å². The highest BCUT2D eigenvalue weighted by Crippen LogP contribution is 2.22. The molecule has 19 heavy (non-hydrogen) atoms. The molecule has 0 amide bonds. The Bertz CT molecular complexity index is 746. The molecule has 2 N–H and O–H groups in total. The van der Waals surface area contributed by atoms with E-state index in [4.69, 9.17) is 17.3 Å². The lowest BCUT2D eigenvalue weighted by atomic mass is 10.1. The van der Waals surface area contributed by atoms with Crippen LogP contribution in [-0.4, -0.2) is 9.55 Å². The van der Waals surface area contributed by atoms with Gasteiger partial charge in [-0.15, -0.1) is 0 Å². The van der Waals surface area contributed by atoms with Crippen molar-refractivity contribution in [2.45, 2.75) is 6.42 Å². The molecule has 3 nitrogen and oxygen atoms in total. The predicted octanol–water partition coefficient (Wildman–Crippen LogP) is 3.40. The molecule has 1 aromatic heterocycles. The largest absolute Gasteiger partial charge is 0.399 e. The van der Waals surface area contributed by atoms with Crippen LogP contribution < -0.4 is 5.73 Å². The first kappa shape index (κ1) is 12.1. The number of nitrogen functional groups attached to an aromatic ring is 1. The number of benzene rings is 2. The second-order valence-corrected chi connectivity index (χ2v) is 5.01. The van der Waals surface area contributed by atoms with Gasteiger partial charge < -0.3 is 10.3 Å². The molecule has 4 heteroatoms. The zero-order valence-electron chi connectivity index (χ0n) is 10.6. The summed E-state index contributed by atoms with van der Waals surface area (Å²) in [6, 6.07) is 13.6. The molecule has 0 aliphatic carbocycles. The Balaban J connectivity index is 2.06. The Hall–Kier alpha value is -2.00. The van der Waals surface area contributed by atoms with Gasteiger partial charge in [-0.05, 0) is 29.8 Å². The summed E-state index contributed by atoms with van der Waals surface area (Å²) >= 11 is 6.19. The van der Waals surface area contributed by atoms with Crippen molar-refractivity contribution in [2.75, 3.05) is 5.73 Å². The van der Waals surface area contributed by atoms with Crippen LogP contribution in [0.25, 0.3) is 11.0 Å². The number of fused-ring (bicyclic) bond motifs is 1. The van der Waals surface area contributed by atoms with Crippen molar-refractivity contribution >= 4 is 28.3 Å². The van der Waals surface area contributed by atoms with Crippen LogP contribution in [0.5, 0.6) is 0 Å². The Morgan fingerprint density at radius 1 is 1.21 bits per heavy atom. The maximum absolute atomic E-state index is 6.19. The van der Waals surface area contributed by atoms with Crippen molar-refractivity contribution in [3.63, 3.8) is 0 Å². The molecule has 1 heterocycles. The number of aromatic nitrogens is 2. The molecular weight excluding hydrogens is 258 g/mol. The molecule has 0 aliphatic heterocycles. The molecule has 2 aromatic carbocycles. The van der Waals surface area contributed by atoms with Gasteiger partial charge in [-0.25, -0.2) is 4.98 Å². The summed E-state index contributed by atoms with van der Waals surface area (Å²) in [6.07, 6.45) is 0.713. The van der Waals surface area contributed by atoms with E-state index >= 15 is 0 Å². The first-order valence-electron chi connectivity index (χ1n) is 6.09. The molecular formula is C15H14ClN3. The van der Waals surface area contributed by atoms with Crippen LogP contribution in [0.15, 0.2) is 42.5 Å². The van der Waals surface area contributed by atoms with E-state index < -0.39 is 0 Å². The van der Waals surface area contributed by atoms with E-state index in [1.165, 1.54) is 0 Å². The molecule has 0 fully saturated rings. The molecule has 0 spiro atoms. The first-order valence-corrected chi connectivity index (χ1v) is 6.47. The second-order valence-electron chi connectivity index (χ2n) is 4.60. The highest BCUT2D eigenvalue weighted by atomic mass is 35.5. The average Bonchev–Trinajstić information content (AvgIpc) is 2.68. The van der Waals surface area contributed by atoms with Crippen LogP contribution in [-0.2, 0) is 13.5 Å². The van der Waals surface area contributed by atoms with Gasteiger partial charge in [0.2, 0.25) is 0 Å². The molecule has 0 unspecified atom stereocenters. The maximum atomic E-state index is 6.19. The number of anilines is 1. The third-order valence-corrected chi connectivity index (χ3v) is 3.67. The Kier molecular flexibility index (Phi) is 2.91. The van der Waals surface area contributed by atoms with Gasteiger partial charge in [0, 0.05) is 24.2 Å². The predicted molar refractivity (Wildman–Crippen MR) is 79.4 cm³/mol. The smallest absolute Gasteiger partial charge is 0.114 e. The van der Waals surface area contributed by atoms with E-state index in [2.05, 4.69) is 9.55 Å². The van der Waals surface area contributed by atoms with Gasteiger partial charge in [0.15, 0.2) is 0 Å². The van der Waals surface area contributed by atoms with Gasteiger partial charge in [0.25, 0.3) is 0 Å². The topological polar surface area (TPSA) is 43.8 Å². The zero-order chi connectivity index (χ0) is 13.4. The number of halogens is 1. The summed E-state index contributed by atoms with van der Waals surface area (Å²) in [7, 11) is 2.01. The minimum absolute atomic E-state index is 0.713. The van der Waals surface area contributed by atoms with E-state index in [1.54, 1.807) is 0 Å². The first-order chi connectivity index (χ1) is 9.15. The fourth-order valence-electron chi connectivity index (χ4n) is 2.24. The van der Waals surface area contributed by atoms with E-state index in [0.29, 0.717) is 6.42 Å². The van der Waals surface area contributed by atoms with Crippen molar-refractivity contribution in [2.24, 2.45) is 7.05 Å². The van der Waals surface area contributed by atoms with Crippen LogP contribution in [0.2, 0.25) is 5.02 Å². The fourth-order valence-corrected chi connectivity index (χ4v) is 2.44. The quantitative estimate of drug-likeness (QED) is 0.726. The minimum atomic E-state index is 0.713. The average molecular weight is 272 g/mol. The SMILES string of the molecule is Cn1c(Cc2ccccc2Cl)nc2cc(N)ccc21. The van der Waals surface area contributed by atoms with Crippen molar-refractivity contribution in [3.05, 3.63) is 58.9 Å². The highest BCUT2D eigenvalue weighted by molar-refractivity contribution is 6.31. The summed E-state index contributed by atoms with van der Waals surface area (Å²) in [5.41, 5.74) is 9.60. The Morgan fingerprint density at radius 2 is 2.00 bits per heavy atom. The Labute approximate surface area is 116 Å². The number of rotatable bonds is 2. The number of nitrogens with two attached hydrogens (primary N) is 1. The van der Waals surface area contributed by atoms with Gasteiger partial charge in [-0.3, -0.25) is 0 Å². The molecule has 0 aliphatic rings. The molecule has 96 valence electrons. The Morgan fingerprint density at radius 3 is 2.79 bits per heavy atom. The summed E-state index contributed by atoms with van der Waals surface area (Å²) in [4.78, 5) is 4.63. The minimum Gasteiger partial charge on any atom is -0.399 e. The van der Waals surface area contributed by atoms with E-state index in [1.807, 2.05) is 49.5 Å². The van der Waals surface area contributed by atoms with Crippen molar-refractivity contribution in [3.8, 4) is 0 Å². The van der Waals surface area contributed by atoms with Crippen LogP contribution in [0, 0.1) is 0 Å². The van der Waals surface area contributed by atoms with Crippen LogP contribution in [0.3, 0.4) is 0 Å². The van der Waals surface area contributed by atoms with Crippen LogP contribution in [0.4, 0.5) is 5.69 Å². The van der Waals surface area contributed by atoms with Crippen LogP contribution >= 0.6 is 11.6 Å². The van der Waals surface area contributed by atoms with Gasteiger partial charge in [0.1, 0.15) is 5.82 Å². The number of hydrogen-bond acceptors (Lipinski definition) is 2. The van der Waals surface area contributed by atoms with Crippen molar-refractivity contribution in [1.82, 2.24) is 9.55 Å². The molecule has 3 rings (SSSR count). The zero-order valence-corrected chi connectivity index (χ0v) is 11.4. The lowest BCUT2D eigenvalue weighted by Gasteiger charge is -2.04. The standard InChI is InChI=1S/C15H14ClN3/c1-19-14-7-6-11(17)9-13(14)18-15(19)8-10-4-2-3-5-12(10)16/h2-7,9H,8,17H2,1H3. The third kappa shape index (κ3) is 2.17. The molecule has 0 saturated carbocycles. The lowest BCUT2D eigenvalue weighted by molar-refractivity contribution is 0.845. The molecule has 0 saturated heterocycles. The summed E-state index contributed by atoms with van der Waals surface area (Å²) in [5.74, 6) is 0.980. The highest BCUT2D eigenvalue weighted by Gasteiger charge is 2.10. The monoisotopic (exact) mass is 271 g/mol. The molecule has 0 bridgehead atoms. The maximum Gasteiger partial charge on any atom is 0.114 e. The van der Waals surface area contributed by atoms with Crippen molar-refractivity contribution < 1.29 is 0 Å². The summed E-state index contributed by atoms with van der Waals surface area (Å²) < 4.78 is 2.08. The number of aryl methyl sites for hydroxylation is 1. The molecule has 0 radical (unpaired) electrons. The normalized spacial score (nSPS) is 11.1. The molecule has 3 aromatic rings. The lowest BCUT2D eigenvalue weighted by Crippen LogP contribution is -1.99. The van der Waals surface area contributed by atoms with E-state index in [-0.39, 0.29) is 0 Å². The number of hydrogen-bond donors (Lipinski definition) is 1. The van der Waals surface area contributed by atoms with Gasteiger partial charge in [-0.1, -0.05) is 29.8 Å². The van der Waals surface area contributed by atoms with Gasteiger partial charge in [-0.2, -0.15) is 0 Å². The molecule has 0 atom stereocenters.